The molecule has 2 aromatic rings. The fourth-order valence-corrected chi connectivity index (χ4v) is 1.84. The summed E-state index contributed by atoms with van der Waals surface area (Å²) in [4.78, 5) is 32.4. The average molecular weight is 326 g/mol. The molecule has 24 heavy (non-hydrogen) atoms. The van der Waals surface area contributed by atoms with E-state index in [0.717, 1.165) is 0 Å². The predicted molar refractivity (Wildman–Crippen MR) is 83.3 cm³/mol. The fourth-order valence-electron chi connectivity index (χ4n) is 1.84. The smallest absolute Gasteiger partial charge is 0.269 e. The Bertz CT molecular complexity index is 782. The summed E-state index contributed by atoms with van der Waals surface area (Å²) < 4.78 is 0. The minimum absolute atomic E-state index is 0.0267. The van der Waals surface area contributed by atoms with E-state index in [0.29, 0.717) is 11.1 Å². The lowest BCUT2D eigenvalue weighted by Crippen LogP contribution is -2.22. The number of nitrogens with zero attached hydrogens (tertiary/aromatic N) is 2. The van der Waals surface area contributed by atoms with Crippen LogP contribution in [-0.2, 0) is 11.2 Å². The van der Waals surface area contributed by atoms with Crippen molar-refractivity contribution in [2.24, 2.45) is 5.10 Å². The normalized spacial score (nSPS) is 10.5. The summed E-state index contributed by atoms with van der Waals surface area (Å²) >= 11 is 0. The Kier molecular flexibility index (Phi) is 5.35. The summed E-state index contributed by atoms with van der Waals surface area (Å²) in [7, 11) is 0. The van der Waals surface area contributed by atoms with Crippen molar-refractivity contribution in [1.29, 1.82) is 0 Å². The Labute approximate surface area is 136 Å². The van der Waals surface area contributed by atoms with Gasteiger partial charge in [0.2, 0.25) is 5.91 Å². The van der Waals surface area contributed by atoms with Crippen LogP contribution in [0.5, 0.6) is 0 Å². The Hall–Kier alpha value is -3.55. The van der Waals surface area contributed by atoms with E-state index < -0.39 is 10.9 Å². The maximum absolute atomic E-state index is 11.7. The van der Waals surface area contributed by atoms with E-state index in [-0.39, 0.29) is 23.6 Å². The second-order valence-electron chi connectivity index (χ2n) is 4.80. The van der Waals surface area contributed by atoms with Crippen LogP contribution in [0.4, 0.5) is 5.69 Å². The molecule has 0 fully saturated rings. The highest BCUT2D eigenvalue weighted by molar-refractivity contribution is 5.88. The van der Waals surface area contributed by atoms with Crippen LogP contribution in [0.2, 0.25) is 0 Å². The molecule has 8 nitrogen and oxygen atoms in total. The van der Waals surface area contributed by atoms with Crippen molar-refractivity contribution in [3.8, 4) is 0 Å². The second kappa shape index (κ2) is 7.63. The monoisotopic (exact) mass is 326 g/mol. The van der Waals surface area contributed by atoms with Crippen molar-refractivity contribution in [2.75, 3.05) is 0 Å². The number of carbonyl (C=O) groups is 2. The molecule has 0 aliphatic rings. The molecule has 0 atom stereocenters. The Morgan fingerprint density at radius 2 is 1.71 bits per heavy atom. The van der Waals surface area contributed by atoms with Crippen molar-refractivity contribution in [3.05, 3.63) is 75.3 Å². The zero-order valence-corrected chi connectivity index (χ0v) is 12.3. The van der Waals surface area contributed by atoms with Crippen molar-refractivity contribution >= 4 is 23.8 Å². The molecular weight excluding hydrogens is 314 g/mol. The number of nitro groups is 1. The van der Waals surface area contributed by atoms with Gasteiger partial charge in [-0.3, -0.25) is 14.9 Å². The Morgan fingerprint density at radius 1 is 1.08 bits per heavy atom. The first-order chi connectivity index (χ1) is 11.5. The lowest BCUT2D eigenvalue weighted by atomic mass is 10.1. The molecule has 0 aliphatic carbocycles. The lowest BCUT2D eigenvalue weighted by Gasteiger charge is -2.02. The number of nitrogens with one attached hydrogen (secondary N) is 1. The van der Waals surface area contributed by atoms with Gasteiger partial charge >= 0.3 is 0 Å². The van der Waals surface area contributed by atoms with Crippen LogP contribution in [0.3, 0.4) is 0 Å². The van der Waals surface area contributed by atoms with Crippen molar-refractivity contribution < 1.29 is 19.6 Å². The molecule has 0 radical (unpaired) electrons. The molecule has 1 amide bonds. The standard InChI is InChI=1S/C16H13N3O5/c20-15(9-11-3-7-14(8-4-11)19(23)24)18-17-10-12-1-5-13(6-2-12)16(21)22/h1-8,10H,9H2,(H,18,20)(H,21,22)/p-1. The first kappa shape index (κ1) is 16.8. The number of rotatable bonds is 6. The molecule has 2 rings (SSSR count). The summed E-state index contributed by atoms with van der Waals surface area (Å²) in [6, 6.07) is 11.4. The van der Waals surface area contributed by atoms with Gasteiger partial charge in [0, 0.05) is 12.1 Å². The maximum Gasteiger partial charge on any atom is 0.269 e. The molecule has 0 aliphatic heterocycles. The Morgan fingerprint density at radius 3 is 2.25 bits per heavy atom. The van der Waals surface area contributed by atoms with Crippen LogP contribution < -0.4 is 10.5 Å². The highest BCUT2D eigenvalue weighted by Gasteiger charge is 2.06. The number of non-ortho nitro benzene ring substituents is 1. The number of nitro benzene ring substituents is 1. The molecule has 0 unspecified atom stereocenters. The minimum Gasteiger partial charge on any atom is -0.545 e. The van der Waals surface area contributed by atoms with Gasteiger partial charge < -0.3 is 9.90 Å². The first-order valence-corrected chi connectivity index (χ1v) is 6.82. The van der Waals surface area contributed by atoms with E-state index in [4.69, 9.17) is 0 Å². The number of hydrogen-bond acceptors (Lipinski definition) is 6. The lowest BCUT2D eigenvalue weighted by molar-refractivity contribution is -0.384. The van der Waals surface area contributed by atoms with E-state index >= 15 is 0 Å². The largest absolute Gasteiger partial charge is 0.545 e. The van der Waals surface area contributed by atoms with E-state index in [9.17, 15) is 24.8 Å². The van der Waals surface area contributed by atoms with Gasteiger partial charge in [0.05, 0.1) is 23.5 Å². The molecule has 8 heteroatoms. The third kappa shape index (κ3) is 4.73. The number of carboxylic acids is 1. The van der Waals surface area contributed by atoms with Crippen LogP contribution in [-0.4, -0.2) is 23.0 Å². The number of hydrogen-bond donors (Lipinski definition) is 1. The first-order valence-electron chi connectivity index (χ1n) is 6.82. The molecule has 0 bridgehead atoms. The summed E-state index contributed by atoms with van der Waals surface area (Å²) in [6.07, 6.45) is 1.39. The van der Waals surface area contributed by atoms with E-state index in [1.807, 2.05) is 0 Å². The minimum atomic E-state index is -1.27. The van der Waals surface area contributed by atoms with E-state index in [1.54, 1.807) is 0 Å². The van der Waals surface area contributed by atoms with E-state index in [1.165, 1.54) is 54.7 Å². The van der Waals surface area contributed by atoms with Gasteiger partial charge in [0.25, 0.3) is 5.69 Å². The number of carboxylic acid groups (broad SMARTS) is 1. The van der Waals surface area contributed by atoms with Gasteiger partial charge in [0.15, 0.2) is 0 Å². The average Bonchev–Trinajstić information content (AvgIpc) is 2.55. The number of aromatic carboxylic acids is 1. The van der Waals surface area contributed by atoms with Crippen molar-refractivity contribution in [1.82, 2.24) is 5.43 Å². The molecule has 0 saturated heterocycles. The number of amides is 1. The van der Waals surface area contributed by atoms with Crippen molar-refractivity contribution in [3.63, 3.8) is 0 Å². The van der Waals surface area contributed by atoms with Gasteiger partial charge in [0.1, 0.15) is 0 Å². The number of hydrazone groups is 1. The zero-order valence-electron chi connectivity index (χ0n) is 12.3. The predicted octanol–water partition coefficient (Wildman–Crippen LogP) is 0.651. The number of benzene rings is 2. The van der Waals surface area contributed by atoms with Gasteiger partial charge in [-0.05, 0) is 16.7 Å². The van der Waals surface area contributed by atoms with Gasteiger partial charge in [-0.15, -0.1) is 0 Å². The highest BCUT2D eigenvalue weighted by Crippen LogP contribution is 2.12. The van der Waals surface area contributed by atoms with Crippen LogP contribution in [0.25, 0.3) is 0 Å². The summed E-state index contributed by atoms with van der Waals surface area (Å²) in [6.45, 7) is 0. The van der Waals surface area contributed by atoms with Crippen molar-refractivity contribution in [2.45, 2.75) is 6.42 Å². The molecule has 0 heterocycles. The van der Waals surface area contributed by atoms with Crippen LogP contribution in [0, 0.1) is 10.1 Å². The topological polar surface area (TPSA) is 125 Å². The van der Waals surface area contributed by atoms with Crippen LogP contribution in [0.1, 0.15) is 21.5 Å². The maximum atomic E-state index is 11.7. The zero-order chi connectivity index (χ0) is 17.5. The quantitative estimate of drug-likeness (QED) is 0.474. The third-order valence-electron chi connectivity index (χ3n) is 3.06. The van der Waals surface area contributed by atoms with Crippen LogP contribution >= 0.6 is 0 Å². The molecular formula is C16H12N3O5-. The molecule has 1 N–H and O–H groups in total. The molecule has 122 valence electrons. The SMILES string of the molecule is O=C(Cc1ccc([N+](=O)[O-])cc1)NN=Cc1ccc(C(=O)[O-])cc1. The molecule has 0 aromatic heterocycles. The van der Waals surface area contributed by atoms with E-state index in [2.05, 4.69) is 10.5 Å². The highest BCUT2D eigenvalue weighted by atomic mass is 16.6. The summed E-state index contributed by atoms with van der Waals surface area (Å²) in [5.74, 6) is -1.65. The third-order valence-corrected chi connectivity index (χ3v) is 3.06. The Balaban J connectivity index is 1.88. The molecule has 0 spiro atoms. The number of carbonyl (C=O) groups excluding carboxylic acids is 2. The van der Waals surface area contributed by atoms with Gasteiger partial charge in [-0.25, -0.2) is 5.43 Å². The van der Waals surface area contributed by atoms with Gasteiger partial charge in [-0.1, -0.05) is 36.4 Å². The second-order valence-corrected chi connectivity index (χ2v) is 4.80. The summed E-state index contributed by atoms with van der Waals surface area (Å²) in [5, 5.41) is 24.9. The molecule has 0 saturated carbocycles. The van der Waals surface area contributed by atoms with Gasteiger partial charge in [-0.2, -0.15) is 5.10 Å². The summed E-state index contributed by atoms with van der Waals surface area (Å²) in [5.41, 5.74) is 3.55. The molecule has 2 aromatic carbocycles. The fraction of sp³-hybridized carbons (Fsp3) is 0.0625. The van der Waals surface area contributed by atoms with Crippen LogP contribution in [0.15, 0.2) is 53.6 Å².